The zero-order valence-corrected chi connectivity index (χ0v) is 18.6. The van der Waals surface area contributed by atoms with Gasteiger partial charge < -0.3 is 14.8 Å². The molecule has 1 heterocycles. The number of carbonyl (C=O) groups is 1. The van der Waals surface area contributed by atoms with Crippen LogP contribution in [0.5, 0.6) is 11.5 Å². The average molecular weight is 462 g/mol. The lowest BCUT2D eigenvalue weighted by Crippen LogP contribution is -2.18. The zero-order chi connectivity index (χ0) is 22.6. The maximum absolute atomic E-state index is 12.8. The number of carbonyl (C=O) groups excluding carboxylic acids is 1. The Morgan fingerprint density at radius 2 is 1.81 bits per heavy atom. The van der Waals surface area contributed by atoms with Gasteiger partial charge in [0.25, 0.3) is 5.91 Å². The number of ether oxygens (including phenoxy) is 2. The maximum Gasteiger partial charge on any atom is 0.276 e. The van der Waals surface area contributed by atoms with E-state index in [1.54, 1.807) is 30.3 Å². The third-order valence-electron chi connectivity index (χ3n) is 4.35. The van der Waals surface area contributed by atoms with Crippen molar-refractivity contribution in [2.75, 3.05) is 19.5 Å². The molecule has 0 radical (unpaired) electrons. The lowest BCUT2D eigenvalue weighted by Gasteiger charge is -2.12. The zero-order valence-electron chi connectivity index (χ0n) is 17.0. The van der Waals surface area contributed by atoms with Crippen molar-refractivity contribution in [3.05, 3.63) is 70.5 Å². The van der Waals surface area contributed by atoms with Crippen molar-refractivity contribution in [2.45, 2.75) is 17.8 Å². The summed E-state index contributed by atoms with van der Waals surface area (Å²) >= 11 is 6.07. The molecule has 0 saturated heterocycles. The number of amides is 1. The Morgan fingerprint density at radius 3 is 2.45 bits per heavy atom. The molecule has 0 atom stereocenters. The molecular formula is C21H20ClN3O5S. The first-order chi connectivity index (χ1) is 14.7. The quantitative estimate of drug-likeness (QED) is 0.534. The van der Waals surface area contributed by atoms with Gasteiger partial charge in [-0.1, -0.05) is 41.4 Å². The standard InChI is InChI=1S/C21H20ClN3O5S/c1-13-4-6-14(7-5-13)12-31(27,28)21-23-11-16(22)19(25-21)20(26)24-17-9-8-15(29-2)10-18(17)30-3/h4-11H,12H2,1-3H3,(H,24,26). The summed E-state index contributed by atoms with van der Waals surface area (Å²) in [5.74, 6) is -0.116. The lowest BCUT2D eigenvalue weighted by molar-refractivity contribution is 0.102. The number of aryl methyl sites for hydroxylation is 1. The first kappa shape index (κ1) is 22.5. The number of nitrogens with zero attached hydrogens (tertiary/aromatic N) is 2. The van der Waals surface area contributed by atoms with Crippen LogP contribution in [0.1, 0.15) is 21.6 Å². The largest absolute Gasteiger partial charge is 0.497 e. The number of benzene rings is 2. The second-order valence-corrected chi connectivity index (χ2v) is 8.90. The van der Waals surface area contributed by atoms with Gasteiger partial charge in [0.15, 0.2) is 5.69 Å². The topological polar surface area (TPSA) is 107 Å². The van der Waals surface area contributed by atoms with Crippen LogP contribution in [-0.4, -0.2) is 38.5 Å². The molecule has 0 aliphatic rings. The molecule has 0 fully saturated rings. The molecule has 1 aromatic heterocycles. The number of rotatable bonds is 7. The van der Waals surface area contributed by atoms with E-state index in [0.717, 1.165) is 11.8 Å². The highest BCUT2D eigenvalue weighted by Gasteiger charge is 2.23. The third-order valence-corrected chi connectivity index (χ3v) is 6.09. The van der Waals surface area contributed by atoms with E-state index in [4.69, 9.17) is 21.1 Å². The van der Waals surface area contributed by atoms with E-state index in [1.165, 1.54) is 14.2 Å². The first-order valence-electron chi connectivity index (χ1n) is 9.07. The van der Waals surface area contributed by atoms with Crippen molar-refractivity contribution in [1.29, 1.82) is 0 Å². The first-order valence-corrected chi connectivity index (χ1v) is 11.1. The molecule has 0 bridgehead atoms. The molecule has 3 aromatic rings. The van der Waals surface area contributed by atoms with Crippen molar-refractivity contribution in [3.8, 4) is 11.5 Å². The molecule has 162 valence electrons. The van der Waals surface area contributed by atoms with E-state index in [-0.39, 0.29) is 16.5 Å². The number of nitrogens with one attached hydrogen (secondary N) is 1. The molecule has 0 saturated carbocycles. The van der Waals surface area contributed by atoms with Crippen molar-refractivity contribution < 1.29 is 22.7 Å². The summed E-state index contributed by atoms with van der Waals surface area (Å²) < 4.78 is 35.9. The lowest BCUT2D eigenvalue weighted by atomic mass is 10.2. The summed E-state index contributed by atoms with van der Waals surface area (Å²) in [4.78, 5) is 20.5. The predicted molar refractivity (Wildman–Crippen MR) is 117 cm³/mol. The summed E-state index contributed by atoms with van der Waals surface area (Å²) in [6.45, 7) is 1.91. The minimum Gasteiger partial charge on any atom is -0.497 e. The van der Waals surface area contributed by atoms with Crippen LogP contribution in [0.3, 0.4) is 0 Å². The van der Waals surface area contributed by atoms with E-state index < -0.39 is 20.9 Å². The fraction of sp³-hybridized carbons (Fsp3) is 0.190. The van der Waals surface area contributed by atoms with E-state index in [9.17, 15) is 13.2 Å². The maximum atomic E-state index is 12.8. The summed E-state index contributed by atoms with van der Waals surface area (Å²) in [6.07, 6.45) is 1.09. The fourth-order valence-corrected chi connectivity index (χ4v) is 4.09. The smallest absolute Gasteiger partial charge is 0.276 e. The Balaban J connectivity index is 1.88. The Bertz CT molecular complexity index is 1210. The monoisotopic (exact) mass is 461 g/mol. The van der Waals surface area contributed by atoms with Crippen LogP contribution < -0.4 is 14.8 Å². The number of methoxy groups -OCH3 is 2. The van der Waals surface area contributed by atoms with Gasteiger partial charge in [-0.05, 0) is 24.6 Å². The van der Waals surface area contributed by atoms with Crippen molar-refractivity contribution >= 4 is 33.0 Å². The highest BCUT2D eigenvalue weighted by Crippen LogP contribution is 2.30. The van der Waals surface area contributed by atoms with Gasteiger partial charge >= 0.3 is 0 Å². The molecule has 2 aromatic carbocycles. The number of halogens is 1. The van der Waals surface area contributed by atoms with Crippen LogP contribution in [-0.2, 0) is 15.6 Å². The van der Waals surface area contributed by atoms with E-state index in [1.807, 2.05) is 19.1 Å². The van der Waals surface area contributed by atoms with Crippen LogP contribution in [0.15, 0.2) is 53.8 Å². The number of hydrogen-bond donors (Lipinski definition) is 1. The molecule has 0 unspecified atom stereocenters. The van der Waals surface area contributed by atoms with Crippen LogP contribution in [0, 0.1) is 6.92 Å². The molecular weight excluding hydrogens is 442 g/mol. The van der Waals surface area contributed by atoms with Crippen LogP contribution in [0.2, 0.25) is 5.02 Å². The summed E-state index contributed by atoms with van der Waals surface area (Å²) in [6, 6.07) is 11.9. The Morgan fingerprint density at radius 1 is 1.10 bits per heavy atom. The number of hydrogen-bond acceptors (Lipinski definition) is 7. The molecule has 1 N–H and O–H groups in total. The third kappa shape index (κ3) is 5.31. The van der Waals surface area contributed by atoms with Crippen LogP contribution in [0.25, 0.3) is 0 Å². The van der Waals surface area contributed by atoms with Crippen molar-refractivity contribution in [3.63, 3.8) is 0 Å². The van der Waals surface area contributed by atoms with Gasteiger partial charge in [-0.2, -0.15) is 0 Å². The molecule has 3 rings (SSSR count). The molecule has 31 heavy (non-hydrogen) atoms. The minimum absolute atomic E-state index is 0.0840. The average Bonchev–Trinajstić information content (AvgIpc) is 2.75. The molecule has 0 aliphatic heterocycles. The van der Waals surface area contributed by atoms with E-state index in [2.05, 4.69) is 15.3 Å². The highest BCUT2D eigenvalue weighted by atomic mass is 35.5. The summed E-state index contributed by atoms with van der Waals surface area (Å²) in [5.41, 5.74) is 1.67. The van der Waals surface area contributed by atoms with Gasteiger partial charge in [0.2, 0.25) is 15.0 Å². The molecule has 8 nitrogen and oxygen atoms in total. The number of sulfone groups is 1. The van der Waals surface area contributed by atoms with Crippen LogP contribution in [0.4, 0.5) is 5.69 Å². The SMILES string of the molecule is COc1ccc(NC(=O)c2nc(S(=O)(=O)Cc3ccc(C)cc3)ncc2Cl)c(OC)c1. The van der Waals surface area contributed by atoms with E-state index >= 15 is 0 Å². The van der Waals surface area contributed by atoms with Crippen molar-refractivity contribution in [2.24, 2.45) is 0 Å². The highest BCUT2D eigenvalue weighted by molar-refractivity contribution is 7.90. The van der Waals surface area contributed by atoms with Gasteiger partial charge in [0, 0.05) is 6.07 Å². The van der Waals surface area contributed by atoms with Crippen LogP contribution >= 0.6 is 11.6 Å². The number of aromatic nitrogens is 2. The van der Waals surface area contributed by atoms with Gasteiger partial charge in [-0.3, -0.25) is 4.79 Å². The van der Waals surface area contributed by atoms with Gasteiger partial charge in [0.05, 0.1) is 36.9 Å². The second kappa shape index (κ2) is 9.32. The molecule has 1 amide bonds. The van der Waals surface area contributed by atoms with Crippen molar-refractivity contribution in [1.82, 2.24) is 9.97 Å². The van der Waals surface area contributed by atoms with Gasteiger partial charge in [0.1, 0.15) is 11.5 Å². The van der Waals surface area contributed by atoms with E-state index in [0.29, 0.717) is 22.7 Å². The normalized spacial score (nSPS) is 11.1. The molecule has 10 heteroatoms. The van der Waals surface area contributed by atoms with Gasteiger partial charge in [-0.25, -0.2) is 18.4 Å². The van der Waals surface area contributed by atoms with Gasteiger partial charge in [-0.15, -0.1) is 0 Å². The minimum atomic E-state index is -3.90. The Kier molecular flexibility index (Phi) is 6.77. The molecule has 0 aliphatic carbocycles. The summed E-state index contributed by atoms with van der Waals surface area (Å²) in [5, 5.41) is 2.05. The second-order valence-electron chi connectivity index (χ2n) is 6.61. The molecule has 0 spiro atoms. The predicted octanol–water partition coefficient (Wildman–Crippen LogP) is 3.68. The Hall–Kier alpha value is -3.17. The number of anilines is 1. The summed E-state index contributed by atoms with van der Waals surface area (Å²) in [7, 11) is -0.947. The Labute approximate surface area is 185 Å². The fourth-order valence-electron chi connectivity index (χ4n) is 2.71.